The summed E-state index contributed by atoms with van der Waals surface area (Å²) in [6.45, 7) is 0. The number of hydrogen-bond acceptors (Lipinski definition) is 6. The van der Waals surface area contributed by atoms with E-state index in [1.165, 1.54) is 0 Å². The SMILES string of the molecule is [N-]=[N+]=NC1CCCCC1OS(=O)(=O)c1ccc([N+](=O)[O-])cc1. The number of azide groups is 1. The third kappa shape index (κ3) is 3.73. The van der Waals surface area contributed by atoms with E-state index in [4.69, 9.17) is 9.71 Å². The summed E-state index contributed by atoms with van der Waals surface area (Å²) in [6.07, 6.45) is 1.99. The van der Waals surface area contributed by atoms with Crippen molar-refractivity contribution in [1.29, 1.82) is 0 Å². The molecule has 2 rings (SSSR count). The van der Waals surface area contributed by atoms with E-state index < -0.39 is 27.2 Å². The van der Waals surface area contributed by atoms with Gasteiger partial charge < -0.3 is 0 Å². The molecule has 118 valence electrons. The molecule has 0 spiro atoms. The smallest absolute Gasteiger partial charge is 0.263 e. The van der Waals surface area contributed by atoms with E-state index in [0.717, 1.165) is 37.1 Å². The van der Waals surface area contributed by atoms with Crippen molar-refractivity contribution in [3.63, 3.8) is 0 Å². The van der Waals surface area contributed by atoms with Gasteiger partial charge in [-0.25, -0.2) is 0 Å². The van der Waals surface area contributed by atoms with Gasteiger partial charge in [-0.1, -0.05) is 18.0 Å². The van der Waals surface area contributed by atoms with Gasteiger partial charge in [-0.3, -0.25) is 14.3 Å². The monoisotopic (exact) mass is 326 g/mol. The summed E-state index contributed by atoms with van der Waals surface area (Å²) in [5.41, 5.74) is 8.32. The second-order valence-corrected chi connectivity index (χ2v) is 6.47. The fourth-order valence-corrected chi connectivity index (χ4v) is 3.47. The molecule has 2 unspecified atom stereocenters. The second-order valence-electron chi connectivity index (χ2n) is 4.90. The molecule has 1 aliphatic rings. The molecule has 1 aromatic rings. The Morgan fingerprint density at radius 3 is 2.50 bits per heavy atom. The van der Waals surface area contributed by atoms with Crippen LogP contribution in [0.5, 0.6) is 0 Å². The van der Waals surface area contributed by atoms with Crippen molar-refractivity contribution in [2.45, 2.75) is 42.7 Å². The Balaban J connectivity index is 2.19. The Kier molecular flexibility index (Phi) is 4.96. The summed E-state index contributed by atoms with van der Waals surface area (Å²) in [5, 5.41) is 14.2. The molecule has 1 fully saturated rings. The van der Waals surface area contributed by atoms with Crippen LogP contribution in [0.2, 0.25) is 0 Å². The highest BCUT2D eigenvalue weighted by atomic mass is 32.2. The van der Waals surface area contributed by atoms with Crippen molar-refractivity contribution in [3.05, 3.63) is 44.8 Å². The van der Waals surface area contributed by atoms with Gasteiger partial charge in [0.05, 0.1) is 22.0 Å². The maximum absolute atomic E-state index is 12.2. The molecule has 22 heavy (non-hydrogen) atoms. The number of rotatable bonds is 5. The lowest BCUT2D eigenvalue weighted by molar-refractivity contribution is -0.384. The quantitative estimate of drug-likeness (QED) is 0.205. The first kappa shape index (κ1) is 16.2. The topological polar surface area (TPSA) is 135 Å². The highest BCUT2D eigenvalue weighted by Crippen LogP contribution is 2.28. The molecule has 2 atom stereocenters. The van der Waals surface area contributed by atoms with Crippen LogP contribution in [0.3, 0.4) is 0 Å². The van der Waals surface area contributed by atoms with Crippen LogP contribution in [0.15, 0.2) is 34.3 Å². The third-order valence-electron chi connectivity index (χ3n) is 3.45. The van der Waals surface area contributed by atoms with Crippen LogP contribution >= 0.6 is 0 Å². The number of nitrogens with zero attached hydrogens (tertiary/aromatic N) is 4. The van der Waals surface area contributed by atoms with Crippen molar-refractivity contribution in [2.75, 3.05) is 0 Å². The Hall–Kier alpha value is -2.16. The van der Waals surface area contributed by atoms with Crippen molar-refractivity contribution >= 4 is 15.8 Å². The fourth-order valence-electron chi connectivity index (χ4n) is 2.34. The van der Waals surface area contributed by atoms with Crippen LogP contribution < -0.4 is 0 Å². The minimum atomic E-state index is -4.06. The summed E-state index contributed by atoms with van der Waals surface area (Å²) in [5.74, 6) is 0. The molecule has 0 aromatic heterocycles. The Labute approximate surface area is 126 Å². The number of hydrogen-bond donors (Lipinski definition) is 0. The minimum absolute atomic E-state index is 0.164. The standard InChI is InChI=1S/C12H14N4O5S/c13-15-14-11-3-1-2-4-12(11)21-22(19,20)10-7-5-9(6-8-10)16(17)18/h5-8,11-12H,1-4H2. The lowest BCUT2D eigenvalue weighted by Gasteiger charge is -2.27. The molecular formula is C12H14N4O5S. The maximum atomic E-state index is 12.2. The van der Waals surface area contributed by atoms with Gasteiger partial charge in [0.1, 0.15) is 0 Å². The zero-order chi connectivity index (χ0) is 16.2. The third-order valence-corrected chi connectivity index (χ3v) is 4.80. The summed E-state index contributed by atoms with van der Waals surface area (Å²) >= 11 is 0. The van der Waals surface area contributed by atoms with E-state index in [0.29, 0.717) is 12.8 Å². The molecule has 10 heteroatoms. The molecule has 0 heterocycles. The Bertz CT molecular complexity index is 697. The van der Waals surface area contributed by atoms with Crippen LogP contribution in [-0.2, 0) is 14.3 Å². The first-order valence-electron chi connectivity index (χ1n) is 6.66. The molecule has 0 amide bonds. The highest BCUT2D eigenvalue weighted by molar-refractivity contribution is 7.86. The zero-order valence-electron chi connectivity index (χ0n) is 11.5. The van der Waals surface area contributed by atoms with Gasteiger partial charge in [0.25, 0.3) is 15.8 Å². The molecule has 0 bridgehead atoms. The van der Waals surface area contributed by atoms with E-state index in [1.54, 1.807) is 0 Å². The maximum Gasteiger partial charge on any atom is 0.297 e. The molecular weight excluding hydrogens is 312 g/mol. The van der Waals surface area contributed by atoms with Crippen molar-refractivity contribution in [3.8, 4) is 0 Å². The van der Waals surface area contributed by atoms with Crippen LogP contribution in [0, 0.1) is 10.1 Å². The number of nitro groups is 1. The fraction of sp³-hybridized carbons (Fsp3) is 0.500. The molecule has 0 saturated heterocycles. The highest BCUT2D eigenvalue weighted by Gasteiger charge is 2.30. The van der Waals surface area contributed by atoms with E-state index >= 15 is 0 Å². The van der Waals surface area contributed by atoms with Gasteiger partial charge in [-0.15, -0.1) is 0 Å². The molecule has 0 radical (unpaired) electrons. The predicted octanol–water partition coefficient (Wildman–Crippen LogP) is 2.92. The van der Waals surface area contributed by atoms with E-state index in [2.05, 4.69) is 10.0 Å². The van der Waals surface area contributed by atoms with Gasteiger partial charge in [0.2, 0.25) is 0 Å². The number of non-ortho nitro benzene ring substituents is 1. The van der Waals surface area contributed by atoms with E-state index in [1.807, 2.05) is 0 Å². The molecule has 0 aliphatic heterocycles. The lowest BCUT2D eigenvalue weighted by atomic mass is 9.93. The Morgan fingerprint density at radius 1 is 1.27 bits per heavy atom. The van der Waals surface area contributed by atoms with Crippen LogP contribution in [0.25, 0.3) is 10.4 Å². The first-order chi connectivity index (χ1) is 10.4. The zero-order valence-corrected chi connectivity index (χ0v) is 12.3. The first-order valence-corrected chi connectivity index (χ1v) is 8.07. The number of benzene rings is 1. The van der Waals surface area contributed by atoms with Gasteiger partial charge in [-0.2, -0.15) is 8.42 Å². The minimum Gasteiger partial charge on any atom is -0.263 e. The van der Waals surface area contributed by atoms with Crippen molar-refractivity contribution in [2.24, 2.45) is 5.11 Å². The normalized spacial score (nSPS) is 21.8. The number of nitro benzene ring substituents is 1. The average Bonchev–Trinajstić information content (AvgIpc) is 2.49. The van der Waals surface area contributed by atoms with Gasteiger partial charge in [-0.05, 0) is 30.5 Å². The molecule has 0 N–H and O–H groups in total. The second kappa shape index (κ2) is 6.73. The van der Waals surface area contributed by atoms with Gasteiger partial charge >= 0.3 is 0 Å². The van der Waals surface area contributed by atoms with Crippen molar-refractivity contribution < 1.29 is 17.5 Å². The van der Waals surface area contributed by atoms with Crippen LogP contribution in [0.1, 0.15) is 25.7 Å². The predicted molar refractivity (Wildman–Crippen MR) is 76.6 cm³/mol. The summed E-state index contributed by atoms with van der Waals surface area (Å²) in [6, 6.07) is 3.92. The van der Waals surface area contributed by atoms with Gasteiger partial charge in [0.15, 0.2) is 0 Å². The van der Waals surface area contributed by atoms with E-state index in [-0.39, 0.29) is 10.6 Å². The molecule has 9 nitrogen and oxygen atoms in total. The van der Waals surface area contributed by atoms with Crippen LogP contribution in [-0.4, -0.2) is 25.5 Å². The van der Waals surface area contributed by atoms with Crippen molar-refractivity contribution in [1.82, 2.24) is 0 Å². The summed E-state index contributed by atoms with van der Waals surface area (Å²) < 4.78 is 29.6. The summed E-state index contributed by atoms with van der Waals surface area (Å²) in [7, 11) is -4.06. The van der Waals surface area contributed by atoms with E-state index in [9.17, 15) is 18.5 Å². The van der Waals surface area contributed by atoms with Gasteiger partial charge in [0, 0.05) is 17.0 Å². The molecule has 1 saturated carbocycles. The molecule has 1 aliphatic carbocycles. The lowest BCUT2D eigenvalue weighted by Crippen LogP contribution is -2.32. The Morgan fingerprint density at radius 2 is 1.91 bits per heavy atom. The average molecular weight is 326 g/mol. The molecule has 1 aromatic carbocycles. The largest absolute Gasteiger partial charge is 0.297 e. The summed E-state index contributed by atoms with van der Waals surface area (Å²) in [4.78, 5) is 12.5. The van der Waals surface area contributed by atoms with Crippen LogP contribution in [0.4, 0.5) is 5.69 Å².